The zero-order valence-electron chi connectivity index (χ0n) is 14.4. The molecule has 3 rings (SSSR count). The molecule has 0 unspecified atom stereocenters. The Balaban J connectivity index is 2.08. The van der Waals surface area contributed by atoms with E-state index in [1.165, 1.54) is 0 Å². The average molecular weight is 407 g/mol. The summed E-state index contributed by atoms with van der Waals surface area (Å²) in [7, 11) is 0. The second-order valence-electron chi connectivity index (χ2n) is 5.75. The number of rotatable bonds is 5. The molecule has 1 aromatic heterocycles. The van der Waals surface area contributed by atoms with Crippen LogP contribution in [0.2, 0.25) is 0 Å². The van der Waals surface area contributed by atoms with Gasteiger partial charge in [-0.15, -0.1) is 0 Å². The SMILES string of the molecule is C=C(/C=C\C(Br)=C/C)c1nc(-c2ccc(O)cc2)[nH]c1-c1ccccc1. The van der Waals surface area contributed by atoms with E-state index in [0.29, 0.717) is 0 Å². The number of benzene rings is 2. The van der Waals surface area contributed by atoms with Crippen molar-refractivity contribution in [2.45, 2.75) is 6.92 Å². The third kappa shape index (κ3) is 4.03. The van der Waals surface area contributed by atoms with Crippen LogP contribution < -0.4 is 0 Å². The van der Waals surface area contributed by atoms with Crippen molar-refractivity contribution in [2.75, 3.05) is 0 Å². The largest absolute Gasteiger partial charge is 0.508 e. The van der Waals surface area contributed by atoms with Gasteiger partial charge in [0, 0.05) is 15.6 Å². The highest BCUT2D eigenvalue weighted by atomic mass is 79.9. The molecular weight excluding hydrogens is 388 g/mol. The molecule has 26 heavy (non-hydrogen) atoms. The summed E-state index contributed by atoms with van der Waals surface area (Å²) < 4.78 is 0.981. The minimum Gasteiger partial charge on any atom is -0.508 e. The first-order chi connectivity index (χ1) is 12.6. The van der Waals surface area contributed by atoms with E-state index in [4.69, 9.17) is 4.98 Å². The van der Waals surface area contributed by atoms with E-state index in [1.54, 1.807) is 12.1 Å². The van der Waals surface area contributed by atoms with E-state index in [0.717, 1.165) is 38.4 Å². The van der Waals surface area contributed by atoms with E-state index in [-0.39, 0.29) is 5.75 Å². The number of aromatic amines is 1. The number of nitrogens with zero attached hydrogens (tertiary/aromatic N) is 1. The van der Waals surface area contributed by atoms with Crippen molar-refractivity contribution < 1.29 is 5.11 Å². The lowest BCUT2D eigenvalue weighted by atomic mass is 10.1. The Bertz CT molecular complexity index is 967. The molecule has 130 valence electrons. The Labute approximate surface area is 161 Å². The normalized spacial score (nSPS) is 11.8. The van der Waals surface area contributed by atoms with Crippen LogP contribution in [0.15, 0.2) is 83.9 Å². The number of nitrogens with one attached hydrogen (secondary N) is 1. The lowest BCUT2D eigenvalue weighted by Gasteiger charge is -2.02. The number of hydrogen-bond donors (Lipinski definition) is 2. The molecule has 0 bridgehead atoms. The summed E-state index contributed by atoms with van der Waals surface area (Å²) in [5, 5.41) is 9.51. The fraction of sp³-hybridized carbons (Fsp3) is 0.0455. The van der Waals surface area contributed by atoms with Gasteiger partial charge in [0.2, 0.25) is 0 Å². The molecule has 1 heterocycles. The second-order valence-corrected chi connectivity index (χ2v) is 6.67. The van der Waals surface area contributed by atoms with Gasteiger partial charge in [0.15, 0.2) is 0 Å². The highest BCUT2D eigenvalue weighted by molar-refractivity contribution is 9.11. The first-order valence-corrected chi connectivity index (χ1v) is 9.02. The minimum atomic E-state index is 0.229. The quantitative estimate of drug-likeness (QED) is 0.487. The molecule has 0 saturated carbocycles. The standard InChI is InChI=1S/C22H19BrN2O/c1-3-18(23)12-9-15(2)20-21(16-7-5-4-6-8-16)25-22(24-20)17-10-13-19(26)14-11-17/h3-14,26H,2H2,1H3,(H,24,25)/b12-9-,18-3+. The Morgan fingerprint density at radius 3 is 2.38 bits per heavy atom. The van der Waals surface area contributed by atoms with Gasteiger partial charge in [0.1, 0.15) is 11.6 Å². The van der Waals surface area contributed by atoms with Crippen LogP contribution in [0.3, 0.4) is 0 Å². The number of aromatic nitrogens is 2. The lowest BCUT2D eigenvalue weighted by molar-refractivity contribution is 0.475. The summed E-state index contributed by atoms with van der Waals surface area (Å²) in [5.41, 5.74) is 4.47. The first kappa shape index (κ1) is 18.0. The minimum absolute atomic E-state index is 0.229. The van der Waals surface area contributed by atoms with Crippen molar-refractivity contribution in [3.63, 3.8) is 0 Å². The van der Waals surface area contributed by atoms with Crippen LogP contribution in [0, 0.1) is 0 Å². The zero-order chi connectivity index (χ0) is 18.5. The summed E-state index contributed by atoms with van der Waals surface area (Å²) in [5.74, 6) is 0.964. The maximum absolute atomic E-state index is 9.51. The van der Waals surface area contributed by atoms with Crippen molar-refractivity contribution >= 4 is 21.5 Å². The Kier molecular flexibility index (Phi) is 5.54. The Hall–Kier alpha value is -2.85. The van der Waals surface area contributed by atoms with Crippen LogP contribution >= 0.6 is 15.9 Å². The highest BCUT2D eigenvalue weighted by Crippen LogP contribution is 2.31. The predicted octanol–water partition coefficient (Wildman–Crippen LogP) is 6.32. The van der Waals surface area contributed by atoms with E-state index in [1.807, 2.05) is 67.6 Å². The van der Waals surface area contributed by atoms with E-state index in [2.05, 4.69) is 27.5 Å². The highest BCUT2D eigenvalue weighted by Gasteiger charge is 2.14. The maximum Gasteiger partial charge on any atom is 0.138 e. The van der Waals surface area contributed by atoms with Gasteiger partial charge in [-0.1, -0.05) is 65.0 Å². The molecule has 0 aliphatic carbocycles. The summed E-state index contributed by atoms with van der Waals surface area (Å²) in [6.45, 7) is 6.14. The zero-order valence-corrected chi connectivity index (χ0v) is 16.0. The number of H-pyrrole nitrogens is 1. The fourth-order valence-electron chi connectivity index (χ4n) is 2.53. The van der Waals surface area contributed by atoms with Gasteiger partial charge in [-0.05, 0) is 42.8 Å². The molecule has 2 aromatic carbocycles. The fourth-order valence-corrected chi connectivity index (χ4v) is 2.66. The van der Waals surface area contributed by atoms with Gasteiger partial charge >= 0.3 is 0 Å². The lowest BCUT2D eigenvalue weighted by Crippen LogP contribution is -1.85. The molecule has 0 atom stereocenters. The van der Waals surface area contributed by atoms with Gasteiger partial charge in [-0.3, -0.25) is 0 Å². The van der Waals surface area contributed by atoms with Gasteiger partial charge in [0.05, 0.1) is 11.4 Å². The van der Waals surface area contributed by atoms with E-state index >= 15 is 0 Å². The number of imidazole rings is 1. The number of allylic oxidation sites excluding steroid dienone is 5. The molecule has 0 amide bonds. The summed E-state index contributed by atoms with van der Waals surface area (Å²) in [6.07, 6.45) is 5.85. The third-order valence-corrected chi connectivity index (χ3v) is 4.65. The van der Waals surface area contributed by atoms with Gasteiger partial charge < -0.3 is 10.1 Å². The molecule has 0 saturated heterocycles. The topological polar surface area (TPSA) is 48.9 Å². The molecule has 3 aromatic rings. The van der Waals surface area contributed by atoms with Crippen molar-refractivity contribution in [3.8, 4) is 28.4 Å². The van der Waals surface area contributed by atoms with Crippen molar-refractivity contribution in [3.05, 3.63) is 89.6 Å². The molecule has 3 nitrogen and oxygen atoms in total. The van der Waals surface area contributed by atoms with Gasteiger partial charge in [-0.2, -0.15) is 0 Å². The van der Waals surface area contributed by atoms with Gasteiger partial charge in [0.25, 0.3) is 0 Å². The number of aromatic hydroxyl groups is 1. The summed E-state index contributed by atoms with van der Waals surface area (Å²) in [6, 6.07) is 17.0. The van der Waals surface area contributed by atoms with E-state index < -0.39 is 0 Å². The first-order valence-electron chi connectivity index (χ1n) is 8.22. The van der Waals surface area contributed by atoms with Crippen molar-refractivity contribution in [1.29, 1.82) is 0 Å². The molecule has 0 aliphatic rings. The molecule has 0 spiro atoms. The van der Waals surface area contributed by atoms with Crippen LogP contribution in [0.4, 0.5) is 0 Å². The van der Waals surface area contributed by atoms with Crippen LogP contribution in [0.5, 0.6) is 5.75 Å². The molecular formula is C22H19BrN2O. The molecule has 2 N–H and O–H groups in total. The van der Waals surface area contributed by atoms with Crippen molar-refractivity contribution in [2.24, 2.45) is 0 Å². The van der Waals surface area contributed by atoms with Gasteiger partial charge in [-0.25, -0.2) is 4.98 Å². The number of phenolic OH excluding ortho intramolecular Hbond substituents is 1. The van der Waals surface area contributed by atoms with Crippen LogP contribution in [-0.2, 0) is 0 Å². The molecule has 4 heteroatoms. The molecule has 0 radical (unpaired) electrons. The predicted molar refractivity (Wildman–Crippen MR) is 112 cm³/mol. The van der Waals surface area contributed by atoms with Crippen LogP contribution in [0.1, 0.15) is 12.6 Å². The summed E-state index contributed by atoms with van der Waals surface area (Å²) >= 11 is 3.47. The van der Waals surface area contributed by atoms with E-state index in [9.17, 15) is 5.11 Å². The average Bonchev–Trinajstić information content (AvgIpc) is 3.12. The Morgan fingerprint density at radius 1 is 1.04 bits per heavy atom. The number of phenols is 1. The monoisotopic (exact) mass is 406 g/mol. The summed E-state index contributed by atoms with van der Waals surface area (Å²) in [4.78, 5) is 8.17. The molecule has 0 fully saturated rings. The number of hydrogen-bond acceptors (Lipinski definition) is 2. The van der Waals surface area contributed by atoms with Crippen molar-refractivity contribution in [1.82, 2.24) is 9.97 Å². The third-order valence-electron chi connectivity index (χ3n) is 3.93. The smallest absolute Gasteiger partial charge is 0.138 e. The second kappa shape index (κ2) is 8.02. The maximum atomic E-state index is 9.51. The Morgan fingerprint density at radius 2 is 1.73 bits per heavy atom. The molecule has 0 aliphatic heterocycles. The van der Waals surface area contributed by atoms with Crippen LogP contribution in [-0.4, -0.2) is 15.1 Å². The van der Waals surface area contributed by atoms with Crippen LogP contribution in [0.25, 0.3) is 28.2 Å². The number of halogens is 1.